The van der Waals surface area contributed by atoms with Crippen molar-refractivity contribution in [1.82, 2.24) is 20.2 Å². The SMILES string of the molecule is Cc1ccccc1-c1nnn(CC(=O)c2ccc(F)c(F)c2)n1. The Morgan fingerprint density at radius 1 is 1.13 bits per heavy atom. The third kappa shape index (κ3) is 3.13. The molecule has 0 aliphatic heterocycles. The molecule has 0 atom stereocenters. The first-order valence-corrected chi connectivity index (χ1v) is 6.86. The van der Waals surface area contributed by atoms with E-state index in [4.69, 9.17) is 0 Å². The van der Waals surface area contributed by atoms with Crippen LogP contribution in [0.5, 0.6) is 0 Å². The van der Waals surface area contributed by atoms with Crippen LogP contribution in [0.1, 0.15) is 15.9 Å². The zero-order valence-electron chi connectivity index (χ0n) is 12.2. The van der Waals surface area contributed by atoms with Crippen molar-refractivity contribution in [3.8, 4) is 11.4 Å². The van der Waals surface area contributed by atoms with Crippen molar-refractivity contribution in [1.29, 1.82) is 0 Å². The molecular formula is C16H12F2N4O. The van der Waals surface area contributed by atoms with Gasteiger partial charge in [-0.1, -0.05) is 24.3 Å². The lowest BCUT2D eigenvalue weighted by atomic mass is 10.1. The molecule has 5 nitrogen and oxygen atoms in total. The lowest BCUT2D eigenvalue weighted by Gasteiger charge is -2.01. The summed E-state index contributed by atoms with van der Waals surface area (Å²) in [4.78, 5) is 13.2. The molecule has 3 rings (SSSR count). The van der Waals surface area contributed by atoms with Crippen molar-refractivity contribution >= 4 is 5.78 Å². The molecule has 0 amide bonds. The molecule has 0 spiro atoms. The van der Waals surface area contributed by atoms with Crippen molar-refractivity contribution in [3.63, 3.8) is 0 Å². The van der Waals surface area contributed by atoms with E-state index in [0.717, 1.165) is 28.1 Å². The van der Waals surface area contributed by atoms with E-state index in [-0.39, 0.29) is 12.1 Å². The lowest BCUT2D eigenvalue weighted by Crippen LogP contribution is -2.13. The second kappa shape index (κ2) is 6.04. The molecule has 1 aromatic heterocycles. The Bertz CT molecular complexity index is 876. The van der Waals surface area contributed by atoms with Crippen LogP contribution >= 0.6 is 0 Å². The van der Waals surface area contributed by atoms with Crippen molar-refractivity contribution in [2.75, 3.05) is 0 Å². The first-order valence-electron chi connectivity index (χ1n) is 6.86. The number of hydrogen-bond acceptors (Lipinski definition) is 4. The second-order valence-electron chi connectivity index (χ2n) is 5.01. The Labute approximate surface area is 130 Å². The zero-order valence-corrected chi connectivity index (χ0v) is 12.2. The molecule has 3 aromatic rings. The van der Waals surface area contributed by atoms with Gasteiger partial charge in [-0.15, -0.1) is 10.2 Å². The number of carbonyl (C=O) groups excluding carboxylic acids is 1. The third-order valence-electron chi connectivity index (χ3n) is 3.37. The summed E-state index contributed by atoms with van der Waals surface area (Å²) in [6.45, 7) is 1.71. The Morgan fingerprint density at radius 3 is 2.65 bits per heavy atom. The fraction of sp³-hybridized carbons (Fsp3) is 0.125. The molecule has 0 unspecified atom stereocenters. The number of benzene rings is 2. The molecule has 0 bridgehead atoms. The second-order valence-corrected chi connectivity index (χ2v) is 5.01. The van der Waals surface area contributed by atoms with Crippen LogP contribution < -0.4 is 0 Å². The standard InChI is InChI=1S/C16H12F2N4O/c1-10-4-2-3-5-12(10)16-19-21-22(20-16)9-15(23)11-6-7-13(17)14(18)8-11/h2-8H,9H2,1H3. The smallest absolute Gasteiger partial charge is 0.205 e. The van der Waals surface area contributed by atoms with Crippen molar-refractivity contribution in [3.05, 3.63) is 65.2 Å². The van der Waals surface area contributed by atoms with E-state index in [1.807, 2.05) is 31.2 Å². The average molecular weight is 314 g/mol. The number of tetrazole rings is 1. The lowest BCUT2D eigenvalue weighted by molar-refractivity contribution is 0.0961. The highest BCUT2D eigenvalue weighted by Gasteiger charge is 2.14. The highest BCUT2D eigenvalue weighted by molar-refractivity contribution is 5.95. The zero-order chi connectivity index (χ0) is 16.4. The topological polar surface area (TPSA) is 60.7 Å². The van der Waals surface area contributed by atoms with E-state index in [9.17, 15) is 13.6 Å². The van der Waals surface area contributed by atoms with Gasteiger partial charge < -0.3 is 0 Å². The quantitative estimate of drug-likeness (QED) is 0.695. The van der Waals surface area contributed by atoms with Crippen LogP contribution in [-0.2, 0) is 6.54 Å². The summed E-state index contributed by atoms with van der Waals surface area (Å²) < 4.78 is 26.1. The normalized spacial score (nSPS) is 10.7. The van der Waals surface area contributed by atoms with E-state index in [0.29, 0.717) is 5.82 Å². The number of aryl methyl sites for hydroxylation is 1. The number of nitrogens with zero attached hydrogens (tertiary/aromatic N) is 4. The number of ketones is 1. The summed E-state index contributed by atoms with van der Waals surface area (Å²) in [7, 11) is 0. The number of hydrogen-bond donors (Lipinski definition) is 0. The number of rotatable bonds is 4. The highest BCUT2D eigenvalue weighted by Crippen LogP contribution is 2.18. The summed E-state index contributed by atoms with van der Waals surface area (Å²) in [5.74, 6) is -2.09. The summed E-state index contributed by atoms with van der Waals surface area (Å²) >= 11 is 0. The summed E-state index contributed by atoms with van der Waals surface area (Å²) in [6.07, 6.45) is 0. The number of Topliss-reactive ketones (excluding diaryl/α,β-unsaturated/α-hetero) is 1. The van der Waals surface area contributed by atoms with Crippen molar-refractivity contribution in [2.45, 2.75) is 13.5 Å². The molecule has 116 valence electrons. The van der Waals surface area contributed by atoms with Crippen LogP contribution in [-0.4, -0.2) is 26.0 Å². The Hall–Kier alpha value is -2.96. The van der Waals surface area contributed by atoms with E-state index < -0.39 is 17.4 Å². The van der Waals surface area contributed by atoms with Gasteiger partial charge in [0.2, 0.25) is 5.82 Å². The van der Waals surface area contributed by atoms with E-state index in [1.54, 1.807) is 0 Å². The molecule has 2 aromatic carbocycles. The molecular weight excluding hydrogens is 302 g/mol. The van der Waals surface area contributed by atoms with Gasteiger partial charge in [-0.2, -0.15) is 4.80 Å². The van der Waals surface area contributed by atoms with Crippen LogP contribution in [0.2, 0.25) is 0 Å². The molecule has 1 heterocycles. The fourth-order valence-electron chi connectivity index (χ4n) is 2.13. The van der Waals surface area contributed by atoms with Crippen molar-refractivity contribution in [2.24, 2.45) is 0 Å². The minimum Gasteiger partial charge on any atom is -0.292 e. The predicted octanol–water partition coefficient (Wildman–Crippen LogP) is 2.81. The van der Waals surface area contributed by atoms with E-state index in [1.165, 1.54) is 6.07 Å². The van der Waals surface area contributed by atoms with Gasteiger partial charge in [-0.3, -0.25) is 4.79 Å². The molecule has 0 fully saturated rings. The first-order chi connectivity index (χ1) is 11.0. The molecule has 0 saturated heterocycles. The van der Waals surface area contributed by atoms with Gasteiger partial charge in [0, 0.05) is 11.1 Å². The van der Waals surface area contributed by atoms with Crippen LogP contribution in [0, 0.1) is 18.6 Å². The minimum absolute atomic E-state index is 0.0543. The maximum absolute atomic E-state index is 13.2. The monoisotopic (exact) mass is 314 g/mol. The largest absolute Gasteiger partial charge is 0.292 e. The number of halogens is 2. The third-order valence-corrected chi connectivity index (χ3v) is 3.37. The van der Waals surface area contributed by atoms with Crippen LogP contribution in [0.15, 0.2) is 42.5 Å². The Balaban J connectivity index is 1.80. The van der Waals surface area contributed by atoms with E-state index >= 15 is 0 Å². The minimum atomic E-state index is -1.07. The van der Waals surface area contributed by atoms with Gasteiger partial charge in [0.25, 0.3) is 0 Å². The highest BCUT2D eigenvalue weighted by atomic mass is 19.2. The maximum atomic E-state index is 13.2. The van der Waals surface area contributed by atoms with Gasteiger partial charge in [-0.25, -0.2) is 8.78 Å². The molecule has 0 N–H and O–H groups in total. The molecule has 0 aliphatic carbocycles. The Morgan fingerprint density at radius 2 is 1.91 bits per heavy atom. The van der Waals surface area contributed by atoms with Crippen LogP contribution in [0.3, 0.4) is 0 Å². The summed E-state index contributed by atoms with van der Waals surface area (Å²) in [6, 6.07) is 10.5. The van der Waals surface area contributed by atoms with Gasteiger partial charge >= 0.3 is 0 Å². The van der Waals surface area contributed by atoms with E-state index in [2.05, 4.69) is 15.4 Å². The molecule has 7 heteroatoms. The van der Waals surface area contributed by atoms with Gasteiger partial charge in [0.1, 0.15) is 6.54 Å². The van der Waals surface area contributed by atoms with Crippen LogP contribution in [0.4, 0.5) is 8.78 Å². The van der Waals surface area contributed by atoms with Gasteiger partial charge in [0.05, 0.1) is 0 Å². The van der Waals surface area contributed by atoms with Gasteiger partial charge in [-0.05, 0) is 35.9 Å². The van der Waals surface area contributed by atoms with Crippen molar-refractivity contribution < 1.29 is 13.6 Å². The maximum Gasteiger partial charge on any atom is 0.205 e. The summed E-state index contributed by atoms with van der Waals surface area (Å²) in [5, 5.41) is 11.9. The molecule has 23 heavy (non-hydrogen) atoms. The van der Waals surface area contributed by atoms with Crippen LogP contribution in [0.25, 0.3) is 11.4 Å². The number of aromatic nitrogens is 4. The fourth-order valence-corrected chi connectivity index (χ4v) is 2.13. The number of carbonyl (C=O) groups is 1. The molecule has 0 aliphatic rings. The summed E-state index contributed by atoms with van der Waals surface area (Å²) in [5.41, 5.74) is 1.86. The average Bonchev–Trinajstić information content (AvgIpc) is 2.98. The predicted molar refractivity (Wildman–Crippen MR) is 78.7 cm³/mol. The van der Waals surface area contributed by atoms with Gasteiger partial charge in [0.15, 0.2) is 17.4 Å². The Kier molecular flexibility index (Phi) is 3.92. The molecule has 0 radical (unpaired) electrons. The molecule has 0 saturated carbocycles. The first kappa shape index (κ1) is 15.0.